The molecule has 1 heterocycles. The van der Waals surface area contributed by atoms with Crippen LogP contribution in [0, 0.1) is 0 Å². The Bertz CT molecular complexity index is 584. The van der Waals surface area contributed by atoms with Crippen LogP contribution in [0.2, 0.25) is 0 Å². The molecule has 2 amide bonds. The van der Waals surface area contributed by atoms with Gasteiger partial charge in [-0.15, -0.1) is 0 Å². The van der Waals surface area contributed by atoms with E-state index in [1.807, 2.05) is 39.8 Å². The van der Waals surface area contributed by atoms with Crippen LogP contribution in [0.15, 0.2) is 36.4 Å². The number of nitrogens with zero attached hydrogens (tertiary/aromatic N) is 1. The van der Waals surface area contributed by atoms with Crippen molar-refractivity contribution in [1.82, 2.24) is 0 Å². The van der Waals surface area contributed by atoms with Crippen molar-refractivity contribution < 1.29 is 19.1 Å². The predicted octanol–water partition coefficient (Wildman–Crippen LogP) is 2.84. The summed E-state index contributed by atoms with van der Waals surface area (Å²) in [5, 5.41) is 0. The zero-order chi connectivity index (χ0) is 17.0. The van der Waals surface area contributed by atoms with Crippen molar-refractivity contribution in [2.24, 2.45) is 0 Å². The average molecular weight is 317 g/mol. The third-order valence-corrected chi connectivity index (χ3v) is 3.40. The zero-order valence-electron chi connectivity index (χ0n) is 14.0. The van der Waals surface area contributed by atoms with Gasteiger partial charge in [-0.1, -0.05) is 12.1 Å². The van der Waals surface area contributed by atoms with Crippen LogP contribution in [0.1, 0.15) is 33.3 Å². The first-order valence-corrected chi connectivity index (χ1v) is 7.69. The maximum absolute atomic E-state index is 11.6. The number of imide groups is 1. The highest BCUT2D eigenvalue weighted by atomic mass is 16.5. The van der Waals surface area contributed by atoms with Gasteiger partial charge in [0.15, 0.2) is 0 Å². The molecule has 1 aromatic carbocycles. The summed E-state index contributed by atoms with van der Waals surface area (Å²) in [6, 6.07) is 7.21. The molecule has 0 bridgehead atoms. The summed E-state index contributed by atoms with van der Waals surface area (Å²) in [6.45, 7) is 8.91. The van der Waals surface area contributed by atoms with Gasteiger partial charge < -0.3 is 9.47 Å². The summed E-state index contributed by atoms with van der Waals surface area (Å²) in [6.07, 6.45) is 2.72. The highest BCUT2D eigenvalue weighted by Gasteiger charge is 2.25. The van der Waals surface area contributed by atoms with Crippen molar-refractivity contribution in [3.63, 3.8) is 0 Å². The fourth-order valence-electron chi connectivity index (χ4n) is 2.08. The van der Waals surface area contributed by atoms with E-state index in [1.165, 1.54) is 12.2 Å². The van der Waals surface area contributed by atoms with Gasteiger partial charge in [0.25, 0.3) is 11.8 Å². The number of benzene rings is 1. The fraction of sp³-hybridized carbons (Fsp3) is 0.444. The molecule has 5 heteroatoms. The van der Waals surface area contributed by atoms with Gasteiger partial charge in [-0.2, -0.15) is 0 Å². The van der Waals surface area contributed by atoms with E-state index in [9.17, 15) is 9.59 Å². The molecule has 0 aromatic heterocycles. The van der Waals surface area contributed by atoms with Crippen molar-refractivity contribution in [2.45, 2.75) is 46.0 Å². The molecule has 0 atom stereocenters. The molecule has 0 radical (unpaired) electrons. The first-order chi connectivity index (χ1) is 10.8. The Morgan fingerprint density at radius 2 is 1.61 bits per heavy atom. The Morgan fingerprint density at radius 1 is 1.04 bits per heavy atom. The Labute approximate surface area is 136 Å². The Morgan fingerprint density at radius 3 is 2.13 bits per heavy atom. The van der Waals surface area contributed by atoms with Crippen molar-refractivity contribution >= 4 is 17.5 Å². The van der Waals surface area contributed by atoms with E-state index in [1.54, 1.807) is 12.1 Å². The van der Waals surface area contributed by atoms with Gasteiger partial charge in [-0.3, -0.25) is 9.59 Å². The van der Waals surface area contributed by atoms with Crippen LogP contribution in [0.3, 0.4) is 0 Å². The van der Waals surface area contributed by atoms with E-state index in [4.69, 9.17) is 9.47 Å². The Kier molecular flexibility index (Phi) is 5.34. The van der Waals surface area contributed by atoms with E-state index >= 15 is 0 Å². The van der Waals surface area contributed by atoms with E-state index in [2.05, 4.69) is 0 Å². The largest absolute Gasteiger partial charge is 0.376 e. The molecule has 0 unspecified atom stereocenters. The lowest BCUT2D eigenvalue weighted by molar-refractivity contribution is -0.119. The van der Waals surface area contributed by atoms with Gasteiger partial charge in [-0.05, 0) is 45.4 Å². The van der Waals surface area contributed by atoms with Crippen LogP contribution in [-0.2, 0) is 25.7 Å². The van der Waals surface area contributed by atoms with E-state index in [0.29, 0.717) is 18.9 Å². The third kappa shape index (κ3) is 4.74. The lowest BCUT2D eigenvalue weighted by Gasteiger charge is -2.26. The number of anilines is 1. The lowest BCUT2D eigenvalue weighted by atomic mass is 10.1. The molecule has 0 spiro atoms. The number of hydrogen-bond donors (Lipinski definition) is 0. The molecule has 0 saturated carbocycles. The van der Waals surface area contributed by atoms with Gasteiger partial charge >= 0.3 is 0 Å². The number of carbonyl (C=O) groups is 2. The van der Waals surface area contributed by atoms with E-state index in [-0.39, 0.29) is 23.5 Å². The smallest absolute Gasteiger partial charge is 0.258 e. The zero-order valence-corrected chi connectivity index (χ0v) is 14.0. The maximum atomic E-state index is 11.6. The van der Waals surface area contributed by atoms with Crippen molar-refractivity contribution in [3.05, 3.63) is 42.0 Å². The highest BCUT2D eigenvalue weighted by molar-refractivity contribution is 6.28. The summed E-state index contributed by atoms with van der Waals surface area (Å²) >= 11 is 0. The molecule has 0 N–H and O–H groups in total. The normalized spacial score (nSPS) is 15.1. The second kappa shape index (κ2) is 7.06. The average Bonchev–Trinajstić information content (AvgIpc) is 2.83. The molecule has 2 rings (SSSR count). The molecular formula is C18H23NO4. The molecule has 5 nitrogen and oxygen atoms in total. The fourth-order valence-corrected chi connectivity index (χ4v) is 2.08. The van der Waals surface area contributed by atoms with Crippen molar-refractivity contribution in [2.75, 3.05) is 11.5 Å². The molecule has 1 aliphatic rings. The molecular weight excluding hydrogens is 294 g/mol. The Balaban J connectivity index is 1.93. The predicted molar refractivity (Wildman–Crippen MR) is 88.0 cm³/mol. The van der Waals surface area contributed by atoms with Gasteiger partial charge in [0.2, 0.25) is 0 Å². The molecule has 23 heavy (non-hydrogen) atoms. The minimum atomic E-state index is -0.381. The summed E-state index contributed by atoms with van der Waals surface area (Å²) in [5.74, 6) is -0.628. The van der Waals surface area contributed by atoms with Crippen LogP contribution in [0.4, 0.5) is 5.69 Å². The van der Waals surface area contributed by atoms with Crippen molar-refractivity contribution in [3.8, 4) is 0 Å². The van der Waals surface area contributed by atoms with Crippen LogP contribution in [-0.4, -0.2) is 30.1 Å². The second-order valence-electron chi connectivity index (χ2n) is 6.42. The quantitative estimate of drug-likeness (QED) is 0.726. The number of rotatable bonds is 7. The summed E-state index contributed by atoms with van der Waals surface area (Å²) in [7, 11) is 0. The summed E-state index contributed by atoms with van der Waals surface area (Å²) in [5.41, 5.74) is 1.16. The van der Waals surface area contributed by atoms with Gasteiger partial charge in [0.1, 0.15) is 0 Å². The molecule has 0 fully saturated rings. The maximum Gasteiger partial charge on any atom is 0.258 e. The standard InChI is InChI=1S/C18H23NO4/c1-13(2)22-12-18(3,4)23-11-14-5-7-15(8-6-14)19-16(20)9-10-17(19)21/h5-10,13H,11-12H2,1-4H3. The first kappa shape index (κ1) is 17.4. The molecule has 0 saturated heterocycles. The molecule has 0 aliphatic carbocycles. The monoisotopic (exact) mass is 317 g/mol. The van der Waals surface area contributed by atoms with Crippen LogP contribution >= 0.6 is 0 Å². The van der Waals surface area contributed by atoms with Gasteiger partial charge in [0, 0.05) is 12.2 Å². The van der Waals surface area contributed by atoms with E-state index < -0.39 is 0 Å². The SMILES string of the molecule is CC(C)OCC(C)(C)OCc1ccc(N2C(=O)C=CC2=O)cc1. The number of amides is 2. The minimum Gasteiger partial charge on any atom is -0.376 e. The topological polar surface area (TPSA) is 55.8 Å². The summed E-state index contributed by atoms with van der Waals surface area (Å²) < 4.78 is 11.5. The van der Waals surface area contributed by atoms with Gasteiger partial charge in [0.05, 0.1) is 30.6 Å². The Hall–Kier alpha value is -1.98. The summed E-state index contributed by atoms with van der Waals surface area (Å²) in [4.78, 5) is 24.4. The van der Waals surface area contributed by atoms with E-state index in [0.717, 1.165) is 10.5 Å². The first-order valence-electron chi connectivity index (χ1n) is 7.69. The van der Waals surface area contributed by atoms with Crippen molar-refractivity contribution in [1.29, 1.82) is 0 Å². The van der Waals surface area contributed by atoms with Crippen LogP contribution in [0.25, 0.3) is 0 Å². The van der Waals surface area contributed by atoms with Crippen LogP contribution in [0.5, 0.6) is 0 Å². The van der Waals surface area contributed by atoms with Gasteiger partial charge in [-0.25, -0.2) is 4.90 Å². The van der Waals surface area contributed by atoms with Crippen LogP contribution < -0.4 is 4.90 Å². The second-order valence-corrected chi connectivity index (χ2v) is 6.42. The number of carbonyl (C=O) groups excluding carboxylic acids is 2. The third-order valence-electron chi connectivity index (χ3n) is 3.40. The number of hydrogen-bond acceptors (Lipinski definition) is 4. The molecule has 1 aliphatic heterocycles. The highest BCUT2D eigenvalue weighted by Crippen LogP contribution is 2.21. The number of ether oxygens (including phenoxy) is 2. The lowest BCUT2D eigenvalue weighted by Crippen LogP contribution is -2.32. The molecule has 124 valence electrons. The minimum absolute atomic E-state index is 0.168. The molecule has 1 aromatic rings.